The molecule has 5 nitrogen and oxygen atoms in total. The smallest absolute Gasteiger partial charge is 0.323 e. The lowest BCUT2D eigenvalue weighted by Gasteiger charge is -2.28. The molecular weight excluding hydrogens is 232 g/mol. The number of methoxy groups -OCH3 is 1. The van der Waals surface area contributed by atoms with Crippen molar-refractivity contribution in [3.63, 3.8) is 0 Å². The fraction of sp³-hybridized carbons (Fsp3) is 0.923. The van der Waals surface area contributed by atoms with Crippen LogP contribution in [0, 0.1) is 0 Å². The summed E-state index contributed by atoms with van der Waals surface area (Å²) < 4.78 is 5.07. The van der Waals surface area contributed by atoms with Crippen molar-refractivity contribution in [3.05, 3.63) is 0 Å². The number of hydrogen-bond acceptors (Lipinski definition) is 4. The molecule has 0 bridgehead atoms. The molecule has 0 amide bonds. The molecule has 0 aromatic heterocycles. The zero-order chi connectivity index (χ0) is 13.2. The molecule has 2 unspecified atom stereocenters. The molecule has 2 aliphatic carbocycles. The molecule has 0 heterocycles. The van der Waals surface area contributed by atoms with Crippen LogP contribution in [0.25, 0.3) is 0 Å². The third-order valence-corrected chi connectivity index (χ3v) is 4.23. The van der Waals surface area contributed by atoms with Gasteiger partial charge in [-0.25, -0.2) is 0 Å². The Bertz CT molecular complexity index is 307. The predicted molar refractivity (Wildman–Crippen MR) is 68.7 cm³/mol. The van der Waals surface area contributed by atoms with E-state index >= 15 is 0 Å². The lowest BCUT2D eigenvalue weighted by atomic mass is 9.97. The van der Waals surface area contributed by atoms with E-state index in [0.717, 1.165) is 32.2 Å². The van der Waals surface area contributed by atoms with E-state index in [0.29, 0.717) is 25.1 Å². The fourth-order valence-corrected chi connectivity index (χ4v) is 2.82. The second-order valence-corrected chi connectivity index (χ2v) is 5.68. The van der Waals surface area contributed by atoms with Gasteiger partial charge in [-0.05, 0) is 39.2 Å². The Labute approximate surface area is 108 Å². The van der Waals surface area contributed by atoms with Crippen LogP contribution in [0.2, 0.25) is 0 Å². The van der Waals surface area contributed by atoms with Gasteiger partial charge in [-0.1, -0.05) is 0 Å². The molecule has 2 atom stereocenters. The van der Waals surface area contributed by atoms with Crippen molar-refractivity contribution >= 4 is 5.97 Å². The highest BCUT2D eigenvalue weighted by Gasteiger charge is 2.48. The first-order valence-electron chi connectivity index (χ1n) is 6.78. The van der Waals surface area contributed by atoms with Gasteiger partial charge < -0.3 is 14.7 Å². The number of rotatable bonds is 7. The average Bonchev–Trinajstić information content (AvgIpc) is 3.03. The maximum atomic E-state index is 11.6. The Hall–Kier alpha value is -0.650. The number of hydrogen-bond donors (Lipinski definition) is 2. The average molecular weight is 256 g/mol. The molecule has 0 aliphatic heterocycles. The molecule has 104 valence electrons. The summed E-state index contributed by atoms with van der Waals surface area (Å²) in [5.41, 5.74) is -0.687. The number of nitrogens with one attached hydrogen (secondary N) is 1. The summed E-state index contributed by atoms with van der Waals surface area (Å²) in [7, 11) is 3.75. The van der Waals surface area contributed by atoms with Crippen molar-refractivity contribution < 1.29 is 14.6 Å². The maximum Gasteiger partial charge on any atom is 0.323 e. The summed E-state index contributed by atoms with van der Waals surface area (Å²) in [6, 6.07) is 0.784. The fourth-order valence-electron chi connectivity index (χ4n) is 2.82. The predicted octanol–water partition coefficient (Wildman–Crippen LogP) is 0.693. The molecule has 5 heteroatoms. The summed E-state index contributed by atoms with van der Waals surface area (Å²) in [5.74, 6) is -0.683. The lowest BCUT2D eigenvalue weighted by Crippen LogP contribution is -2.52. The Morgan fingerprint density at radius 3 is 2.78 bits per heavy atom. The first-order chi connectivity index (χ1) is 8.57. The van der Waals surface area contributed by atoms with E-state index in [-0.39, 0.29) is 0 Å². The quantitative estimate of drug-likeness (QED) is 0.702. The number of aliphatic carboxylic acids is 1. The molecule has 2 aliphatic rings. The molecule has 2 fully saturated rings. The lowest BCUT2D eigenvalue weighted by molar-refractivity contribution is -0.145. The van der Waals surface area contributed by atoms with Gasteiger partial charge in [0.25, 0.3) is 0 Å². The number of carbonyl (C=O) groups is 1. The van der Waals surface area contributed by atoms with E-state index in [9.17, 15) is 9.90 Å². The summed E-state index contributed by atoms with van der Waals surface area (Å²) in [4.78, 5) is 13.8. The van der Waals surface area contributed by atoms with Crippen LogP contribution in [0.4, 0.5) is 0 Å². The van der Waals surface area contributed by atoms with Gasteiger partial charge in [0.05, 0.1) is 6.61 Å². The van der Waals surface area contributed by atoms with Crippen LogP contribution in [0.3, 0.4) is 0 Å². The molecule has 0 aromatic carbocycles. The van der Waals surface area contributed by atoms with E-state index in [1.165, 1.54) is 0 Å². The molecule has 0 aromatic rings. The zero-order valence-corrected chi connectivity index (χ0v) is 11.3. The number of ether oxygens (including phenoxy) is 1. The van der Waals surface area contributed by atoms with E-state index in [2.05, 4.69) is 17.3 Å². The summed E-state index contributed by atoms with van der Waals surface area (Å²) >= 11 is 0. The molecule has 2 saturated carbocycles. The Morgan fingerprint density at radius 2 is 2.22 bits per heavy atom. The van der Waals surface area contributed by atoms with Gasteiger partial charge in [0.1, 0.15) is 5.54 Å². The van der Waals surface area contributed by atoms with Gasteiger partial charge in [0.2, 0.25) is 0 Å². The molecule has 2 rings (SSSR count). The van der Waals surface area contributed by atoms with Crippen LogP contribution in [-0.2, 0) is 9.53 Å². The number of carboxylic acids is 1. The van der Waals surface area contributed by atoms with Gasteiger partial charge in [0, 0.05) is 25.7 Å². The van der Waals surface area contributed by atoms with Crippen LogP contribution >= 0.6 is 0 Å². The van der Waals surface area contributed by atoms with Crippen LogP contribution < -0.4 is 5.32 Å². The highest BCUT2D eigenvalue weighted by atomic mass is 16.5. The number of nitrogens with zero attached hydrogens (tertiary/aromatic N) is 1. The van der Waals surface area contributed by atoms with E-state index in [1.807, 2.05) is 0 Å². The van der Waals surface area contributed by atoms with Crippen LogP contribution in [0.15, 0.2) is 0 Å². The summed E-state index contributed by atoms with van der Waals surface area (Å²) in [5, 5.41) is 12.9. The Kier molecular flexibility index (Phi) is 4.25. The molecule has 0 saturated heterocycles. The topological polar surface area (TPSA) is 61.8 Å². The second kappa shape index (κ2) is 5.55. The minimum absolute atomic E-state index is 0.350. The normalized spacial score (nSPS) is 32.1. The monoisotopic (exact) mass is 256 g/mol. The molecule has 18 heavy (non-hydrogen) atoms. The van der Waals surface area contributed by atoms with Crippen molar-refractivity contribution in [1.29, 1.82) is 0 Å². The largest absolute Gasteiger partial charge is 0.480 e. The zero-order valence-electron chi connectivity index (χ0n) is 11.3. The molecular formula is C13H24N2O3. The first-order valence-corrected chi connectivity index (χ1v) is 6.78. The van der Waals surface area contributed by atoms with Crippen LogP contribution in [0.1, 0.15) is 32.1 Å². The van der Waals surface area contributed by atoms with Gasteiger partial charge in [-0.15, -0.1) is 0 Å². The van der Waals surface area contributed by atoms with Crippen molar-refractivity contribution in [2.45, 2.75) is 49.7 Å². The Morgan fingerprint density at radius 1 is 1.50 bits per heavy atom. The number of carboxylic acid groups (broad SMARTS) is 1. The van der Waals surface area contributed by atoms with E-state index in [4.69, 9.17) is 4.74 Å². The summed E-state index contributed by atoms with van der Waals surface area (Å²) in [6.45, 7) is 1.56. The Balaban J connectivity index is 1.92. The van der Waals surface area contributed by atoms with Crippen molar-refractivity contribution in [2.24, 2.45) is 0 Å². The van der Waals surface area contributed by atoms with E-state index < -0.39 is 11.5 Å². The second-order valence-electron chi connectivity index (χ2n) is 5.68. The highest BCUT2D eigenvalue weighted by molar-refractivity contribution is 5.79. The van der Waals surface area contributed by atoms with Crippen LogP contribution in [0.5, 0.6) is 0 Å². The minimum Gasteiger partial charge on any atom is -0.480 e. The molecule has 2 N–H and O–H groups in total. The summed E-state index contributed by atoms with van der Waals surface area (Å²) in [6.07, 6.45) is 4.64. The molecule has 0 spiro atoms. The van der Waals surface area contributed by atoms with Crippen molar-refractivity contribution in [3.8, 4) is 0 Å². The van der Waals surface area contributed by atoms with Gasteiger partial charge in [0.15, 0.2) is 0 Å². The third kappa shape index (κ3) is 3.02. The third-order valence-electron chi connectivity index (χ3n) is 4.23. The van der Waals surface area contributed by atoms with Gasteiger partial charge in [-0.3, -0.25) is 10.1 Å². The first kappa shape index (κ1) is 13.8. The SMILES string of the molecule is COCCN(C)C1CCC(NC2CC2)(C(=O)O)C1. The maximum absolute atomic E-state index is 11.6. The standard InChI is InChI=1S/C13H24N2O3/c1-15(7-8-18-2)11-5-6-13(9-11,12(16)17)14-10-3-4-10/h10-11,14H,3-9H2,1-2H3,(H,16,17). The van der Waals surface area contributed by atoms with Gasteiger partial charge in [-0.2, -0.15) is 0 Å². The van der Waals surface area contributed by atoms with Crippen LogP contribution in [-0.4, -0.2) is 60.9 Å². The van der Waals surface area contributed by atoms with Crippen molar-refractivity contribution in [2.75, 3.05) is 27.3 Å². The highest BCUT2D eigenvalue weighted by Crippen LogP contribution is 2.36. The minimum atomic E-state index is -0.687. The van der Waals surface area contributed by atoms with Gasteiger partial charge >= 0.3 is 5.97 Å². The number of likely N-dealkylation sites (N-methyl/N-ethyl adjacent to an activating group) is 1. The molecule has 0 radical (unpaired) electrons. The van der Waals surface area contributed by atoms with E-state index in [1.54, 1.807) is 7.11 Å². The van der Waals surface area contributed by atoms with Crippen molar-refractivity contribution in [1.82, 2.24) is 10.2 Å².